The van der Waals surface area contributed by atoms with Crippen molar-refractivity contribution in [3.05, 3.63) is 315 Å². The van der Waals surface area contributed by atoms with Gasteiger partial charge in [-0.25, -0.2) is 0 Å². The number of thiophene rings is 2. The lowest BCUT2D eigenvalue weighted by molar-refractivity contribution is -0.0500. The summed E-state index contributed by atoms with van der Waals surface area (Å²) in [6.45, 7) is 0. The van der Waals surface area contributed by atoms with E-state index in [-0.39, 0.29) is 0 Å². The normalized spacial score (nSPS) is 11.8. The molecular weight excluding hydrogens is 1260 g/mol. The van der Waals surface area contributed by atoms with Crippen molar-refractivity contribution in [3.8, 4) is 61.4 Å². The molecule has 12 heteroatoms. The molecular formula is C85H54BF3O5S3. The second-order valence-corrected chi connectivity index (χ2v) is 27.5. The van der Waals surface area contributed by atoms with E-state index in [0.717, 1.165) is 53.4 Å². The van der Waals surface area contributed by atoms with Crippen molar-refractivity contribution in [2.75, 3.05) is 0 Å². The maximum atomic E-state index is 12.7. The Hall–Kier alpha value is -11.0. The largest absolute Gasteiger partial charge is 0.534 e. The third-order valence-corrected chi connectivity index (χ3v) is 21.7. The van der Waals surface area contributed by atoms with Crippen molar-refractivity contribution in [2.24, 2.45) is 0 Å². The van der Waals surface area contributed by atoms with Gasteiger partial charge in [0.2, 0.25) is 0 Å². The monoisotopic (exact) mass is 1320 g/mol. The Labute approximate surface area is 564 Å². The van der Waals surface area contributed by atoms with Crippen molar-refractivity contribution >= 4 is 150 Å². The molecule has 0 unspecified atom stereocenters. The summed E-state index contributed by atoms with van der Waals surface area (Å²) in [5, 5.41) is 38.3. The topological polar surface area (TPSA) is 83.8 Å². The van der Waals surface area contributed by atoms with Crippen LogP contribution in [0.25, 0.3) is 161 Å². The van der Waals surface area contributed by atoms with Crippen LogP contribution in [0.15, 0.2) is 315 Å². The van der Waals surface area contributed by atoms with Gasteiger partial charge in [0.1, 0.15) is 5.75 Å². The Morgan fingerprint density at radius 2 is 0.577 bits per heavy atom. The summed E-state index contributed by atoms with van der Waals surface area (Å²) < 4.78 is 69.9. The molecule has 2 aromatic heterocycles. The molecule has 466 valence electrons. The smallest absolute Gasteiger partial charge is 0.423 e. The van der Waals surface area contributed by atoms with E-state index in [1.165, 1.54) is 120 Å². The standard InChI is InChI=1S/C42H26S.C25H15F3O3S.C18H13BO2S/c1-2-11-27(12-3-1)31-19-9-21-38-39-22-10-20-32(42(39)43-41(31)38)30-14-8-13-28(25-30)29-23-24-37-35-17-5-4-15-33(35)34-16-6-7-18-36(34)40(37)26-29;26-25(27,28)32(29,30)31-18-7-5-6-16(14-18)17-12-13-23-21-10-2-1-8-19(21)20-9-3-4-11-22(20)24(23)15-17;20-19(21)16-11-5-10-15-14-9-4-8-13(17(14)22-18(15)16)12-6-2-1-3-7-12/h1-26H;1-15H;1-11,20-21H. The van der Waals surface area contributed by atoms with E-state index in [1.807, 2.05) is 90.2 Å². The summed E-state index contributed by atoms with van der Waals surface area (Å²) in [6, 6.07) is 108. The van der Waals surface area contributed by atoms with Crippen LogP contribution in [0.5, 0.6) is 5.75 Å². The van der Waals surface area contributed by atoms with Crippen LogP contribution in [-0.2, 0) is 10.1 Å². The van der Waals surface area contributed by atoms with Crippen LogP contribution in [0.2, 0.25) is 0 Å². The number of hydrogen-bond acceptors (Lipinski definition) is 7. The van der Waals surface area contributed by atoms with Crippen molar-refractivity contribution in [1.29, 1.82) is 0 Å². The molecule has 2 heterocycles. The third kappa shape index (κ3) is 11.2. The molecule has 0 amide bonds. The highest BCUT2D eigenvalue weighted by Crippen LogP contribution is 2.46. The first-order valence-corrected chi connectivity index (χ1v) is 34.6. The van der Waals surface area contributed by atoms with Crippen LogP contribution in [-0.4, -0.2) is 31.1 Å². The number of halogens is 3. The average Bonchev–Trinajstić information content (AvgIpc) is 1.74. The highest BCUT2D eigenvalue weighted by atomic mass is 32.2. The van der Waals surface area contributed by atoms with Gasteiger partial charge in [-0.05, 0) is 161 Å². The molecule has 0 aliphatic rings. The van der Waals surface area contributed by atoms with E-state index < -0.39 is 28.5 Å². The molecule has 16 aromatic carbocycles. The number of rotatable bonds is 8. The van der Waals surface area contributed by atoms with Crippen molar-refractivity contribution in [3.63, 3.8) is 0 Å². The third-order valence-electron chi connectivity index (χ3n) is 18.2. The number of alkyl halides is 3. The fourth-order valence-corrected chi connectivity index (χ4v) is 16.9. The lowest BCUT2D eigenvalue weighted by Gasteiger charge is -2.13. The Morgan fingerprint density at radius 1 is 0.278 bits per heavy atom. The molecule has 18 rings (SSSR count). The zero-order valence-electron chi connectivity index (χ0n) is 51.6. The van der Waals surface area contributed by atoms with Gasteiger partial charge in [0.15, 0.2) is 0 Å². The second-order valence-electron chi connectivity index (χ2n) is 23.9. The number of fused-ring (bicyclic) bond motifs is 18. The molecule has 0 aliphatic heterocycles. The van der Waals surface area contributed by atoms with Gasteiger partial charge in [-0.2, -0.15) is 21.6 Å². The number of hydrogen-bond donors (Lipinski definition) is 2. The van der Waals surface area contributed by atoms with Crippen LogP contribution in [0.1, 0.15) is 0 Å². The molecule has 0 radical (unpaired) electrons. The van der Waals surface area contributed by atoms with Crippen LogP contribution >= 0.6 is 22.7 Å². The van der Waals surface area contributed by atoms with Gasteiger partial charge in [-0.1, -0.05) is 285 Å². The van der Waals surface area contributed by atoms with Gasteiger partial charge in [0.05, 0.1) is 0 Å². The maximum absolute atomic E-state index is 12.7. The SMILES string of the molecule is O=S(=O)(Oc1cccc(-c2ccc3c4ccccc4c4ccccc4c3c2)c1)C(F)(F)F.OB(O)c1cccc2c1sc1c(-c3ccccc3)cccc12.c1ccc(-c2cccc3c2sc2c(-c4cccc(-c5ccc6c7ccccc7c7ccccc7c6c5)c4)cccc23)cc1. The zero-order chi connectivity index (χ0) is 65.9. The van der Waals surface area contributed by atoms with Crippen LogP contribution < -0.4 is 9.65 Å². The van der Waals surface area contributed by atoms with E-state index >= 15 is 0 Å². The van der Waals surface area contributed by atoms with E-state index in [4.69, 9.17) is 0 Å². The van der Waals surface area contributed by atoms with Crippen molar-refractivity contribution < 1.29 is 35.8 Å². The summed E-state index contributed by atoms with van der Waals surface area (Å²) in [7, 11) is -7.18. The quantitative estimate of drug-likeness (QED) is 0.0685. The summed E-state index contributed by atoms with van der Waals surface area (Å²) in [5.74, 6) is -0.400. The molecule has 0 atom stereocenters. The predicted octanol–water partition coefficient (Wildman–Crippen LogP) is 23.0. The molecule has 0 saturated carbocycles. The maximum Gasteiger partial charge on any atom is 0.534 e. The Balaban J connectivity index is 0.000000121. The number of benzene rings is 16. The zero-order valence-corrected chi connectivity index (χ0v) is 54.0. The second kappa shape index (κ2) is 25.0. The molecule has 0 saturated heterocycles. The van der Waals surface area contributed by atoms with Crippen LogP contribution in [0, 0.1) is 0 Å². The Morgan fingerprint density at radius 3 is 1.00 bits per heavy atom. The van der Waals surface area contributed by atoms with Gasteiger partial charge in [-0.3, -0.25) is 0 Å². The van der Waals surface area contributed by atoms with Gasteiger partial charge >= 0.3 is 22.7 Å². The Bertz CT molecular complexity index is 6160. The van der Waals surface area contributed by atoms with Crippen molar-refractivity contribution in [2.45, 2.75) is 5.51 Å². The lowest BCUT2D eigenvalue weighted by atomic mass is 9.80. The molecule has 5 nitrogen and oxygen atoms in total. The van der Waals surface area contributed by atoms with Gasteiger partial charge in [0.25, 0.3) is 0 Å². The highest BCUT2D eigenvalue weighted by Gasteiger charge is 2.48. The van der Waals surface area contributed by atoms with E-state index in [9.17, 15) is 31.6 Å². The summed E-state index contributed by atoms with van der Waals surface area (Å²) in [5.41, 5.74) is 6.27. The summed E-state index contributed by atoms with van der Waals surface area (Å²) >= 11 is 3.53. The van der Waals surface area contributed by atoms with E-state index in [0.29, 0.717) is 11.0 Å². The average molecular weight is 1320 g/mol. The minimum atomic E-state index is -5.74. The first kappa shape index (κ1) is 61.0. The van der Waals surface area contributed by atoms with E-state index in [2.05, 4.69) is 210 Å². The molecule has 0 fully saturated rings. The predicted molar refractivity (Wildman–Crippen MR) is 403 cm³/mol. The highest BCUT2D eigenvalue weighted by molar-refractivity contribution is 7.88. The van der Waals surface area contributed by atoms with E-state index in [1.54, 1.807) is 23.5 Å². The fraction of sp³-hybridized carbons (Fsp3) is 0.0118. The van der Waals surface area contributed by atoms with Crippen LogP contribution in [0.4, 0.5) is 13.2 Å². The van der Waals surface area contributed by atoms with Crippen molar-refractivity contribution in [1.82, 2.24) is 0 Å². The van der Waals surface area contributed by atoms with Gasteiger partial charge in [-0.15, -0.1) is 22.7 Å². The minimum Gasteiger partial charge on any atom is -0.423 e. The lowest BCUT2D eigenvalue weighted by Crippen LogP contribution is -2.29. The fourth-order valence-electron chi connectivity index (χ4n) is 13.7. The summed E-state index contributed by atoms with van der Waals surface area (Å²) in [4.78, 5) is 0. The molecule has 18 aromatic rings. The Kier molecular flexibility index (Phi) is 15.7. The molecule has 0 aliphatic carbocycles. The molecule has 0 spiro atoms. The van der Waals surface area contributed by atoms with Gasteiger partial charge < -0.3 is 14.2 Å². The minimum absolute atomic E-state index is 0.400. The van der Waals surface area contributed by atoms with Gasteiger partial charge in [0, 0.05) is 35.0 Å². The molecule has 0 bridgehead atoms. The van der Waals surface area contributed by atoms with Crippen LogP contribution in [0.3, 0.4) is 0 Å². The first-order chi connectivity index (χ1) is 47.3. The summed E-state index contributed by atoms with van der Waals surface area (Å²) in [6.07, 6.45) is 0. The first-order valence-electron chi connectivity index (χ1n) is 31.6. The molecule has 2 N–H and O–H groups in total. The molecule has 97 heavy (non-hydrogen) atoms.